The van der Waals surface area contributed by atoms with Gasteiger partial charge in [0, 0.05) is 45.2 Å². The molecule has 2 fully saturated rings. The Morgan fingerprint density at radius 2 is 1.86 bits per heavy atom. The summed E-state index contributed by atoms with van der Waals surface area (Å²) in [6.45, 7) is 7.47. The summed E-state index contributed by atoms with van der Waals surface area (Å²) in [6, 6.07) is 0.736. The maximum absolute atomic E-state index is 11.4. The molecule has 0 spiro atoms. The Hall–Kier alpha value is -0.950. The van der Waals surface area contributed by atoms with Gasteiger partial charge in [0.1, 0.15) is 0 Å². The summed E-state index contributed by atoms with van der Waals surface area (Å²) in [4.78, 5) is 27.1. The van der Waals surface area contributed by atoms with Crippen LogP contribution in [0.1, 0.15) is 33.1 Å². The second-order valence-electron chi connectivity index (χ2n) is 5.58. The summed E-state index contributed by atoms with van der Waals surface area (Å²) in [5.74, 6) is 0.173. The van der Waals surface area contributed by atoms with E-state index in [0.717, 1.165) is 45.4 Å². The minimum absolute atomic E-state index is 0. The third-order valence-corrected chi connectivity index (χ3v) is 4.24. The van der Waals surface area contributed by atoms with E-state index < -0.39 is 0 Å². The largest absolute Gasteiger partial charge is 0.450 e. The number of amides is 2. The van der Waals surface area contributed by atoms with E-state index in [0.29, 0.717) is 12.6 Å². The lowest BCUT2D eigenvalue weighted by atomic mass is 10.0. The van der Waals surface area contributed by atoms with E-state index in [1.165, 1.54) is 0 Å². The molecule has 21 heavy (non-hydrogen) atoms. The second-order valence-corrected chi connectivity index (χ2v) is 5.58. The maximum Gasteiger partial charge on any atom is 0.407 e. The van der Waals surface area contributed by atoms with Crippen molar-refractivity contribution in [2.24, 2.45) is 0 Å². The van der Waals surface area contributed by atoms with E-state index >= 15 is 0 Å². The first kappa shape index (κ1) is 18.1. The van der Waals surface area contributed by atoms with Gasteiger partial charge in [-0.3, -0.25) is 9.69 Å². The average Bonchev–Trinajstić information content (AvgIpc) is 2.87. The molecule has 1 atom stereocenters. The van der Waals surface area contributed by atoms with Gasteiger partial charge in [0.15, 0.2) is 0 Å². The molecule has 0 saturated carbocycles. The van der Waals surface area contributed by atoms with Gasteiger partial charge >= 0.3 is 6.09 Å². The average molecular weight is 317 g/mol. The van der Waals surface area contributed by atoms with Gasteiger partial charge in [0.05, 0.1) is 6.61 Å². The molecule has 0 aromatic rings. The minimum atomic E-state index is -0.314. The first-order chi connectivity index (χ1) is 9.60. The molecule has 122 valence electrons. The van der Waals surface area contributed by atoms with E-state index in [1.54, 1.807) is 6.92 Å². The zero-order valence-electron chi connectivity index (χ0n) is 12.9. The van der Waals surface area contributed by atoms with Crippen molar-refractivity contribution in [3.8, 4) is 0 Å². The van der Waals surface area contributed by atoms with Crippen LogP contribution in [0.25, 0.3) is 0 Å². The molecule has 0 radical (unpaired) electrons. The van der Waals surface area contributed by atoms with Crippen molar-refractivity contribution >= 4 is 25.5 Å². The molecule has 0 aliphatic carbocycles. The molecule has 6 nitrogen and oxygen atoms in total. The summed E-state index contributed by atoms with van der Waals surface area (Å²) in [5.41, 5.74) is 0. The number of nitrogens with zero attached hydrogens (tertiary/aromatic N) is 2. The molecular formula is C14H27N3O3S. The van der Waals surface area contributed by atoms with Gasteiger partial charge in [-0.2, -0.15) is 13.5 Å². The molecule has 1 N–H and O–H groups in total. The summed E-state index contributed by atoms with van der Waals surface area (Å²) in [6.07, 6.45) is 2.73. The van der Waals surface area contributed by atoms with Crippen molar-refractivity contribution in [1.82, 2.24) is 15.1 Å². The molecule has 0 aromatic heterocycles. The number of rotatable bonds is 3. The molecule has 7 heteroatoms. The highest BCUT2D eigenvalue weighted by Gasteiger charge is 2.31. The first-order valence-corrected chi connectivity index (χ1v) is 7.53. The Labute approximate surface area is 133 Å². The van der Waals surface area contributed by atoms with E-state index in [-0.39, 0.29) is 31.5 Å². The fraction of sp³-hybridized carbons (Fsp3) is 0.857. The van der Waals surface area contributed by atoms with Crippen molar-refractivity contribution in [3.63, 3.8) is 0 Å². The van der Waals surface area contributed by atoms with Crippen LogP contribution in [0.3, 0.4) is 0 Å². The van der Waals surface area contributed by atoms with Crippen LogP contribution in [0.4, 0.5) is 4.79 Å². The van der Waals surface area contributed by atoms with Crippen LogP contribution < -0.4 is 5.32 Å². The molecule has 2 heterocycles. The molecule has 0 bridgehead atoms. The topological polar surface area (TPSA) is 61.9 Å². The highest BCUT2D eigenvalue weighted by atomic mass is 32.1. The van der Waals surface area contributed by atoms with E-state index in [4.69, 9.17) is 4.74 Å². The van der Waals surface area contributed by atoms with Crippen LogP contribution in [-0.2, 0) is 9.53 Å². The number of piperidine rings is 1. The van der Waals surface area contributed by atoms with E-state index in [1.807, 2.05) is 11.8 Å². The minimum Gasteiger partial charge on any atom is -0.450 e. The lowest BCUT2D eigenvalue weighted by molar-refractivity contribution is -0.130. The zero-order valence-corrected chi connectivity index (χ0v) is 13.9. The third-order valence-electron chi connectivity index (χ3n) is 4.24. The van der Waals surface area contributed by atoms with Crippen LogP contribution >= 0.6 is 13.5 Å². The lowest BCUT2D eigenvalue weighted by Gasteiger charge is -2.36. The number of hydrogen-bond acceptors (Lipinski definition) is 4. The first-order valence-electron chi connectivity index (χ1n) is 7.53. The molecule has 2 amide bonds. The number of nitrogens with one attached hydrogen (secondary N) is 1. The van der Waals surface area contributed by atoms with Crippen LogP contribution in [0.5, 0.6) is 0 Å². The zero-order chi connectivity index (χ0) is 14.5. The fourth-order valence-corrected chi connectivity index (χ4v) is 3.12. The van der Waals surface area contributed by atoms with Gasteiger partial charge in [0.25, 0.3) is 0 Å². The Balaban J connectivity index is 0.00000220. The Bertz CT molecular complexity index is 359. The van der Waals surface area contributed by atoms with Crippen molar-refractivity contribution < 1.29 is 14.3 Å². The number of alkyl carbamates (subject to hydrolysis) is 1. The van der Waals surface area contributed by atoms with Crippen LogP contribution in [-0.4, -0.2) is 66.7 Å². The van der Waals surface area contributed by atoms with Gasteiger partial charge < -0.3 is 15.0 Å². The Morgan fingerprint density at radius 1 is 1.19 bits per heavy atom. The molecular weight excluding hydrogens is 290 g/mol. The summed E-state index contributed by atoms with van der Waals surface area (Å²) >= 11 is 0. The highest BCUT2D eigenvalue weighted by molar-refractivity contribution is 7.59. The van der Waals surface area contributed by atoms with Crippen molar-refractivity contribution in [1.29, 1.82) is 0 Å². The highest BCUT2D eigenvalue weighted by Crippen LogP contribution is 2.21. The van der Waals surface area contributed by atoms with E-state index in [9.17, 15) is 9.59 Å². The van der Waals surface area contributed by atoms with Crippen molar-refractivity contribution in [2.45, 2.75) is 45.2 Å². The second kappa shape index (κ2) is 8.48. The molecule has 1 unspecified atom stereocenters. The Kier molecular flexibility index (Phi) is 7.31. The normalized spacial score (nSPS) is 23.5. The SMILES string of the molecule is CCOC(=O)NC1CCN(C2CCN(C(C)=O)CC2)C1.S. The standard InChI is InChI=1S/C14H25N3O3.H2S/c1-3-20-14(19)15-12-4-7-17(10-12)13-5-8-16(9-6-13)11(2)18;/h12-13H,3-10H2,1-2H3,(H,15,19);1H2. The molecule has 2 rings (SSSR count). The number of ether oxygens (including phenoxy) is 1. The van der Waals surface area contributed by atoms with Gasteiger partial charge in [-0.1, -0.05) is 0 Å². The number of likely N-dealkylation sites (tertiary alicyclic amines) is 2. The predicted molar refractivity (Wildman–Crippen MR) is 85.8 cm³/mol. The van der Waals surface area contributed by atoms with Crippen molar-refractivity contribution in [2.75, 3.05) is 32.8 Å². The van der Waals surface area contributed by atoms with Gasteiger partial charge in [-0.15, -0.1) is 0 Å². The third kappa shape index (κ3) is 5.07. The number of hydrogen-bond donors (Lipinski definition) is 1. The summed E-state index contributed by atoms with van der Waals surface area (Å²) in [5, 5.41) is 2.91. The predicted octanol–water partition coefficient (Wildman–Crippen LogP) is 0.930. The summed E-state index contributed by atoms with van der Waals surface area (Å²) < 4.78 is 4.91. The number of carbonyl (C=O) groups excluding carboxylic acids is 2. The summed E-state index contributed by atoms with van der Waals surface area (Å²) in [7, 11) is 0. The smallest absolute Gasteiger partial charge is 0.407 e. The maximum atomic E-state index is 11.4. The van der Waals surface area contributed by atoms with E-state index in [2.05, 4.69) is 10.2 Å². The van der Waals surface area contributed by atoms with Gasteiger partial charge in [-0.05, 0) is 26.2 Å². The van der Waals surface area contributed by atoms with Gasteiger partial charge in [0.2, 0.25) is 5.91 Å². The Morgan fingerprint density at radius 3 is 2.43 bits per heavy atom. The van der Waals surface area contributed by atoms with Gasteiger partial charge in [-0.25, -0.2) is 4.79 Å². The van der Waals surface area contributed by atoms with Crippen molar-refractivity contribution in [3.05, 3.63) is 0 Å². The molecule has 0 aromatic carbocycles. The molecule has 2 saturated heterocycles. The lowest BCUT2D eigenvalue weighted by Crippen LogP contribution is -2.46. The van der Waals surface area contributed by atoms with Crippen LogP contribution in [0.15, 0.2) is 0 Å². The van der Waals surface area contributed by atoms with Crippen LogP contribution in [0.2, 0.25) is 0 Å². The van der Waals surface area contributed by atoms with Crippen LogP contribution in [0, 0.1) is 0 Å². The fourth-order valence-electron chi connectivity index (χ4n) is 3.12. The monoisotopic (exact) mass is 317 g/mol. The molecule has 2 aliphatic heterocycles. The molecule has 2 aliphatic rings. The quantitative estimate of drug-likeness (QED) is 0.841. The number of carbonyl (C=O) groups is 2.